The first-order valence-corrected chi connectivity index (χ1v) is 7.67. The molecule has 0 fully saturated rings. The first kappa shape index (κ1) is 15.5. The zero-order valence-corrected chi connectivity index (χ0v) is 12.7. The average Bonchev–Trinajstić information content (AvgIpc) is 2.88. The second kappa shape index (κ2) is 6.28. The van der Waals surface area contributed by atoms with Gasteiger partial charge in [0.1, 0.15) is 0 Å². The lowest BCUT2D eigenvalue weighted by Crippen LogP contribution is -2.08. The lowest BCUT2D eigenvalue weighted by Gasteiger charge is -2.15. The van der Waals surface area contributed by atoms with Gasteiger partial charge in [-0.15, -0.1) is 0 Å². The summed E-state index contributed by atoms with van der Waals surface area (Å²) in [4.78, 5) is 0. The van der Waals surface area contributed by atoms with Crippen LogP contribution in [0.1, 0.15) is 29.2 Å². The minimum Gasteiger partial charge on any atom is -0.388 e. The predicted octanol–water partition coefficient (Wildman–Crippen LogP) is 5.20. The highest BCUT2D eigenvalue weighted by molar-refractivity contribution is 9.10. The summed E-state index contributed by atoms with van der Waals surface area (Å²) in [6, 6.07) is 5.78. The van der Waals surface area contributed by atoms with E-state index < -0.39 is 17.8 Å². The molecule has 0 aliphatic carbocycles. The Morgan fingerprint density at radius 1 is 1.25 bits per heavy atom. The number of halogens is 4. The van der Waals surface area contributed by atoms with Crippen molar-refractivity contribution in [2.45, 2.75) is 25.1 Å². The number of hydrogen-bond donors (Lipinski definition) is 1. The number of aliphatic hydroxyl groups excluding tert-OH is 1. The van der Waals surface area contributed by atoms with Crippen molar-refractivity contribution in [3.05, 3.63) is 56.2 Å². The fourth-order valence-electron chi connectivity index (χ4n) is 1.87. The monoisotopic (exact) mass is 364 g/mol. The van der Waals surface area contributed by atoms with E-state index in [0.717, 1.165) is 11.6 Å². The molecule has 0 bridgehead atoms. The molecule has 0 amide bonds. The molecule has 0 radical (unpaired) electrons. The lowest BCUT2D eigenvalue weighted by atomic mass is 10.0. The van der Waals surface area contributed by atoms with Gasteiger partial charge in [-0.05, 0) is 52.9 Å². The zero-order valence-electron chi connectivity index (χ0n) is 10.3. The van der Waals surface area contributed by atoms with Gasteiger partial charge >= 0.3 is 6.18 Å². The molecule has 1 N–H and O–H groups in total. The molecule has 1 nitrogen and oxygen atoms in total. The van der Waals surface area contributed by atoms with Crippen molar-refractivity contribution >= 4 is 27.3 Å². The fourth-order valence-corrected chi connectivity index (χ4v) is 3.05. The van der Waals surface area contributed by atoms with Gasteiger partial charge < -0.3 is 5.11 Å². The number of aryl methyl sites for hydroxylation is 1. The minimum absolute atomic E-state index is 0.0150. The van der Waals surface area contributed by atoms with Crippen molar-refractivity contribution in [1.29, 1.82) is 0 Å². The first-order valence-electron chi connectivity index (χ1n) is 5.93. The third-order valence-electron chi connectivity index (χ3n) is 2.97. The fraction of sp³-hybridized carbons (Fsp3) is 0.286. The summed E-state index contributed by atoms with van der Waals surface area (Å²) in [7, 11) is 0. The van der Waals surface area contributed by atoms with Crippen LogP contribution in [0.4, 0.5) is 13.2 Å². The van der Waals surface area contributed by atoms with Gasteiger partial charge in [-0.25, -0.2) is 0 Å². The standard InChI is InChI=1S/C14H12BrF3OS/c15-12-3-2-10(7-11(12)14(16,17)18)13(19)4-1-9-5-6-20-8-9/h2-3,5-8,13,19H,1,4H2. The Hall–Kier alpha value is -0.850. The van der Waals surface area contributed by atoms with Crippen molar-refractivity contribution in [3.63, 3.8) is 0 Å². The third-order valence-corrected chi connectivity index (χ3v) is 4.39. The maximum absolute atomic E-state index is 12.8. The van der Waals surface area contributed by atoms with Gasteiger partial charge in [-0.3, -0.25) is 0 Å². The smallest absolute Gasteiger partial charge is 0.388 e. The van der Waals surface area contributed by atoms with Gasteiger partial charge in [0.05, 0.1) is 11.7 Å². The Balaban J connectivity index is 2.12. The van der Waals surface area contributed by atoms with Crippen molar-refractivity contribution in [3.8, 4) is 0 Å². The van der Waals surface area contributed by atoms with Crippen LogP contribution in [0.25, 0.3) is 0 Å². The summed E-state index contributed by atoms with van der Waals surface area (Å²) >= 11 is 4.44. The van der Waals surface area contributed by atoms with E-state index in [0.29, 0.717) is 12.8 Å². The van der Waals surface area contributed by atoms with Gasteiger partial charge in [-0.2, -0.15) is 24.5 Å². The Morgan fingerprint density at radius 2 is 2.00 bits per heavy atom. The van der Waals surface area contributed by atoms with Gasteiger partial charge in [0.25, 0.3) is 0 Å². The van der Waals surface area contributed by atoms with Crippen molar-refractivity contribution < 1.29 is 18.3 Å². The van der Waals surface area contributed by atoms with E-state index >= 15 is 0 Å². The molecule has 0 spiro atoms. The van der Waals surface area contributed by atoms with Crippen LogP contribution in [0.2, 0.25) is 0 Å². The highest BCUT2D eigenvalue weighted by Gasteiger charge is 2.33. The predicted molar refractivity (Wildman–Crippen MR) is 76.7 cm³/mol. The third kappa shape index (κ3) is 3.84. The summed E-state index contributed by atoms with van der Waals surface area (Å²) in [6.07, 6.45) is -4.29. The maximum atomic E-state index is 12.8. The van der Waals surface area contributed by atoms with Gasteiger partial charge in [0.15, 0.2) is 0 Å². The summed E-state index contributed by atoms with van der Waals surface area (Å²) in [5.74, 6) is 0. The highest BCUT2D eigenvalue weighted by atomic mass is 79.9. The average molecular weight is 365 g/mol. The number of hydrogen-bond acceptors (Lipinski definition) is 2. The topological polar surface area (TPSA) is 20.2 Å². The quantitative estimate of drug-likeness (QED) is 0.790. The molecule has 0 saturated heterocycles. The maximum Gasteiger partial charge on any atom is 0.417 e. The molecule has 0 saturated carbocycles. The van der Waals surface area contributed by atoms with Crippen molar-refractivity contribution in [1.82, 2.24) is 0 Å². The summed E-state index contributed by atoms with van der Waals surface area (Å²) in [5.41, 5.74) is 0.613. The largest absolute Gasteiger partial charge is 0.417 e. The molecular formula is C14H12BrF3OS. The van der Waals surface area contributed by atoms with Gasteiger partial charge in [-0.1, -0.05) is 22.0 Å². The van der Waals surface area contributed by atoms with E-state index in [4.69, 9.17) is 0 Å². The van der Waals surface area contributed by atoms with Crippen LogP contribution in [0.15, 0.2) is 39.5 Å². The van der Waals surface area contributed by atoms with Gasteiger partial charge in [0.2, 0.25) is 0 Å². The van der Waals surface area contributed by atoms with Crippen molar-refractivity contribution in [2.24, 2.45) is 0 Å². The molecule has 0 aliphatic rings. The number of rotatable bonds is 4. The molecule has 1 aromatic heterocycles. The first-order chi connectivity index (χ1) is 9.38. The molecular weight excluding hydrogens is 353 g/mol. The van der Waals surface area contributed by atoms with E-state index in [-0.39, 0.29) is 10.0 Å². The Bertz CT molecular complexity index is 566. The van der Waals surface area contributed by atoms with Crippen LogP contribution in [-0.2, 0) is 12.6 Å². The lowest BCUT2D eigenvalue weighted by molar-refractivity contribution is -0.138. The molecule has 1 heterocycles. The van der Waals surface area contributed by atoms with E-state index in [9.17, 15) is 18.3 Å². The second-order valence-electron chi connectivity index (χ2n) is 4.42. The van der Waals surface area contributed by atoms with Crippen LogP contribution in [0.5, 0.6) is 0 Å². The molecule has 6 heteroatoms. The van der Waals surface area contributed by atoms with Crippen LogP contribution in [0, 0.1) is 0 Å². The number of alkyl halides is 3. The zero-order chi connectivity index (χ0) is 14.8. The summed E-state index contributed by atoms with van der Waals surface area (Å²) in [6.45, 7) is 0. The SMILES string of the molecule is OC(CCc1ccsc1)c1ccc(Br)c(C(F)(F)F)c1. The number of benzene rings is 1. The van der Waals surface area contributed by atoms with Crippen molar-refractivity contribution in [2.75, 3.05) is 0 Å². The van der Waals surface area contributed by atoms with Crippen LogP contribution >= 0.6 is 27.3 Å². The van der Waals surface area contributed by atoms with E-state index in [1.807, 2.05) is 16.8 Å². The molecule has 108 valence electrons. The van der Waals surface area contributed by atoms with E-state index in [1.165, 1.54) is 12.1 Å². The number of thiophene rings is 1. The molecule has 2 rings (SSSR count). The van der Waals surface area contributed by atoms with Crippen LogP contribution in [0.3, 0.4) is 0 Å². The Kier molecular flexibility index (Phi) is 4.88. The highest BCUT2D eigenvalue weighted by Crippen LogP contribution is 2.36. The number of aliphatic hydroxyl groups is 1. The van der Waals surface area contributed by atoms with Gasteiger partial charge in [0, 0.05) is 4.47 Å². The molecule has 1 aromatic carbocycles. The molecule has 0 aliphatic heterocycles. The summed E-state index contributed by atoms with van der Waals surface area (Å²) in [5, 5.41) is 13.9. The van der Waals surface area contributed by atoms with Crippen LogP contribution in [-0.4, -0.2) is 5.11 Å². The van der Waals surface area contributed by atoms with E-state index in [2.05, 4.69) is 15.9 Å². The molecule has 1 atom stereocenters. The Labute approximate surface area is 127 Å². The Morgan fingerprint density at radius 3 is 2.60 bits per heavy atom. The van der Waals surface area contributed by atoms with E-state index in [1.54, 1.807) is 11.3 Å². The molecule has 20 heavy (non-hydrogen) atoms. The van der Waals surface area contributed by atoms with Crippen LogP contribution < -0.4 is 0 Å². The normalized spacial score (nSPS) is 13.4. The molecule has 1 unspecified atom stereocenters. The second-order valence-corrected chi connectivity index (χ2v) is 6.06. The molecule has 2 aromatic rings. The summed E-state index contributed by atoms with van der Waals surface area (Å²) < 4.78 is 38.4. The minimum atomic E-state index is -4.43.